The van der Waals surface area contributed by atoms with Gasteiger partial charge in [-0.3, -0.25) is 9.59 Å². The first-order valence-electron chi connectivity index (χ1n) is 6.89. The SMILES string of the molecule is C/C=C(\c1ccccc1)C1(C(C)=O)CCCCC1=O. The van der Waals surface area contributed by atoms with Crippen molar-refractivity contribution in [3.05, 3.63) is 42.0 Å². The number of rotatable bonds is 3. The fraction of sp³-hybridized carbons (Fsp3) is 0.412. The lowest BCUT2D eigenvalue weighted by atomic mass is 9.64. The molecular weight excluding hydrogens is 236 g/mol. The Kier molecular flexibility index (Phi) is 3.98. The zero-order valence-corrected chi connectivity index (χ0v) is 11.6. The first kappa shape index (κ1) is 13.7. The summed E-state index contributed by atoms with van der Waals surface area (Å²) in [6, 6.07) is 9.78. The molecule has 0 amide bonds. The van der Waals surface area contributed by atoms with Gasteiger partial charge in [-0.1, -0.05) is 42.8 Å². The van der Waals surface area contributed by atoms with E-state index in [4.69, 9.17) is 0 Å². The highest BCUT2D eigenvalue weighted by atomic mass is 16.2. The molecule has 2 rings (SSSR count). The number of carbonyl (C=O) groups excluding carboxylic acids is 2. The molecule has 0 bridgehead atoms. The van der Waals surface area contributed by atoms with E-state index < -0.39 is 5.41 Å². The highest BCUT2D eigenvalue weighted by Gasteiger charge is 2.47. The lowest BCUT2D eigenvalue weighted by Gasteiger charge is -2.36. The first-order chi connectivity index (χ1) is 9.13. The van der Waals surface area contributed by atoms with Gasteiger partial charge in [0, 0.05) is 6.42 Å². The van der Waals surface area contributed by atoms with Crippen LogP contribution >= 0.6 is 0 Å². The maximum absolute atomic E-state index is 12.5. The van der Waals surface area contributed by atoms with Crippen molar-refractivity contribution >= 4 is 17.1 Å². The standard InChI is InChI=1S/C17H20O2/c1-3-15(14-9-5-4-6-10-14)17(13(2)18)12-8-7-11-16(17)19/h3-6,9-10H,7-8,11-12H2,1-2H3/b15-3+. The molecule has 0 aliphatic heterocycles. The molecule has 1 fully saturated rings. The Bertz CT molecular complexity index is 513. The van der Waals surface area contributed by atoms with E-state index in [1.807, 2.05) is 43.3 Å². The number of carbonyl (C=O) groups is 2. The molecule has 0 N–H and O–H groups in total. The Morgan fingerprint density at radius 2 is 1.89 bits per heavy atom. The topological polar surface area (TPSA) is 34.1 Å². The van der Waals surface area contributed by atoms with Crippen molar-refractivity contribution in [3.8, 4) is 0 Å². The van der Waals surface area contributed by atoms with Crippen LogP contribution in [0.15, 0.2) is 36.4 Å². The van der Waals surface area contributed by atoms with Crippen molar-refractivity contribution in [1.29, 1.82) is 0 Å². The molecule has 0 saturated heterocycles. The fourth-order valence-electron chi connectivity index (χ4n) is 3.15. The van der Waals surface area contributed by atoms with Gasteiger partial charge in [0.15, 0.2) is 5.78 Å². The Hall–Kier alpha value is -1.70. The average Bonchev–Trinajstić information content (AvgIpc) is 2.42. The van der Waals surface area contributed by atoms with Crippen molar-refractivity contribution in [3.63, 3.8) is 0 Å². The van der Waals surface area contributed by atoms with Gasteiger partial charge in [-0.25, -0.2) is 0 Å². The summed E-state index contributed by atoms with van der Waals surface area (Å²) >= 11 is 0. The minimum Gasteiger partial charge on any atom is -0.299 e. The van der Waals surface area contributed by atoms with E-state index in [1.54, 1.807) is 6.92 Å². The third-order valence-electron chi connectivity index (χ3n) is 4.12. The van der Waals surface area contributed by atoms with E-state index in [9.17, 15) is 9.59 Å². The Balaban J connectivity index is 2.55. The molecule has 1 unspecified atom stereocenters. The van der Waals surface area contributed by atoms with Crippen molar-refractivity contribution < 1.29 is 9.59 Å². The van der Waals surface area contributed by atoms with E-state index in [0.29, 0.717) is 12.8 Å². The molecule has 1 aromatic carbocycles. The third-order valence-corrected chi connectivity index (χ3v) is 4.12. The molecule has 1 aromatic rings. The van der Waals surface area contributed by atoms with Gasteiger partial charge in [0.05, 0.1) is 0 Å². The Morgan fingerprint density at radius 3 is 2.42 bits per heavy atom. The van der Waals surface area contributed by atoms with Crippen LogP contribution in [-0.2, 0) is 9.59 Å². The lowest BCUT2D eigenvalue weighted by Crippen LogP contribution is -2.41. The molecule has 0 radical (unpaired) electrons. The van der Waals surface area contributed by atoms with Crippen molar-refractivity contribution in [2.24, 2.45) is 5.41 Å². The maximum Gasteiger partial charge on any atom is 0.150 e. The molecule has 1 aliphatic rings. The number of benzene rings is 1. The minimum absolute atomic E-state index is 0.0193. The molecule has 1 saturated carbocycles. The van der Waals surface area contributed by atoms with Gasteiger partial charge < -0.3 is 0 Å². The van der Waals surface area contributed by atoms with E-state index in [-0.39, 0.29) is 11.6 Å². The summed E-state index contributed by atoms with van der Waals surface area (Å²) in [5.74, 6) is 0.0670. The smallest absolute Gasteiger partial charge is 0.150 e. The summed E-state index contributed by atoms with van der Waals surface area (Å²) in [6.45, 7) is 3.46. The van der Waals surface area contributed by atoms with Crippen LogP contribution in [0.3, 0.4) is 0 Å². The van der Waals surface area contributed by atoms with Gasteiger partial charge in [-0.15, -0.1) is 0 Å². The second-order valence-corrected chi connectivity index (χ2v) is 5.16. The summed E-state index contributed by atoms with van der Waals surface area (Å²) in [5.41, 5.74) is 0.953. The van der Waals surface area contributed by atoms with Gasteiger partial charge in [-0.05, 0) is 37.8 Å². The normalized spacial score (nSPS) is 24.3. The summed E-state index contributed by atoms with van der Waals surface area (Å²) in [6.07, 6.45) is 4.94. The number of hydrogen-bond donors (Lipinski definition) is 0. The minimum atomic E-state index is -0.908. The van der Waals surface area contributed by atoms with Gasteiger partial charge in [0.2, 0.25) is 0 Å². The number of hydrogen-bond acceptors (Lipinski definition) is 2. The van der Waals surface area contributed by atoms with Crippen molar-refractivity contribution in [2.45, 2.75) is 39.5 Å². The first-order valence-corrected chi connectivity index (χ1v) is 6.89. The Morgan fingerprint density at radius 1 is 1.21 bits per heavy atom. The van der Waals surface area contributed by atoms with E-state index in [1.165, 1.54) is 0 Å². The summed E-state index contributed by atoms with van der Waals surface area (Å²) < 4.78 is 0. The second-order valence-electron chi connectivity index (χ2n) is 5.16. The largest absolute Gasteiger partial charge is 0.299 e. The third kappa shape index (κ3) is 2.27. The molecule has 1 aliphatic carbocycles. The van der Waals surface area contributed by atoms with Crippen LogP contribution in [0.25, 0.3) is 5.57 Å². The highest BCUT2D eigenvalue weighted by Crippen LogP contribution is 2.45. The number of ketones is 2. The van der Waals surface area contributed by atoms with Crippen LogP contribution in [0.5, 0.6) is 0 Å². The van der Waals surface area contributed by atoms with Crippen LogP contribution in [0.1, 0.15) is 45.1 Å². The highest BCUT2D eigenvalue weighted by molar-refractivity contribution is 6.16. The van der Waals surface area contributed by atoms with E-state index in [2.05, 4.69) is 0 Å². The predicted octanol–water partition coefficient (Wildman–Crippen LogP) is 3.81. The van der Waals surface area contributed by atoms with Gasteiger partial charge in [-0.2, -0.15) is 0 Å². The maximum atomic E-state index is 12.5. The summed E-state index contributed by atoms with van der Waals surface area (Å²) in [4.78, 5) is 24.7. The number of allylic oxidation sites excluding steroid dienone is 2. The second kappa shape index (κ2) is 5.52. The van der Waals surface area contributed by atoms with Crippen LogP contribution in [0.2, 0.25) is 0 Å². The zero-order valence-electron chi connectivity index (χ0n) is 11.6. The average molecular weight is 256 g/mol. The van der Waals surface area contributed by atoms with Gasteiger partial charge in [0.1, 0.15) is 11.2 Å². The molecule has 2 nitrogen and oxygen atoms in total. The van der Waals surface area contributed by atoms with E-state index >= 15 is 0 Å². The van der Waals surface area contributed by atoms with Crippen molar-refractivity contribution in [1.82, 2.24) is 0 Å². The van der Waals surface area contributed by atoms with Crippen molar-refractivity contribution in [2.75, 3.05) is 0 Å². The van der Waals surface area contributed by atoms with Gasteiger partial charge >= 0.3 is 0 Å². The summed E-state index contributed by atoms with van der Waals surface area (Å²) in [7, 11) is 0. The van der Waals surface area contributed by atoms with Crippen LogP contribution in [0.4, 0.5) is 0 Å². The molecule has 2 heteroatoms. The monoisotopic (exact) mass is 256 g/mol. The zero-order chi connectivity index (χ0) is 13.9. The van der Waals surface area contributed by atoms with Gasteiger partial charge in [0.25, 0.3) is 0 Å². The fourth-order valence-corrected chi connectivity index (χ4v) is 3.15. The number of Topliss-reactive ketones (excluding diaryl/α,β-unsaturated/α-hetero) is 2. The van der Waals surface area contributed by atoms with Crippen LogP contribution < -0.4 is 0 Å². The Labute approximate surface area is 114 Å². The molecule has 1 atom stereocenters. The molecule has 19 heavy (non-hydrogen) atoms. The molecule has 0 heterocycles. The summed E-state index contributed by atoms with van der Waals surface area (Å²) in [5, 5.41) is 0. The van der Waals surface area contributed by atoms with Crippen LogP contribution in [0, 0.1) is 5.41 Å². The van der Waals surface area contributed by atoms with E-state index in [0.717, 1.165) is 24.0 Å². The lowest BCUT2D eigenvalue weighted by molar-refractivity contribution is -0.137. The van der Waals surface area contributed by atoms with Crippen LogP contribution in [-0.4, -0.2) is 11.6 Å². The molecular formula is C17H20O2. The predicted molar refractivity (Wildman–Crippen MR) is 76.7 cm³/mol. The molecule has 100 valence electrons. The molecule has 0 spiro atoms. The molecule has 0 aromatic heterocycles. The quantitative estimate of drug-likeness (QED) is 0.771.